The molecule has 0 unspecified atom stereocenters. The lowest BCUT2D eigenvalue weighted by Crippen LogP contribution is -2.46. The van der Waals surface area contributed by atoms with Crippen molar-refractivity contribution < 1.29 is 53.9 Å². The SMILES string of the molecule is CCOC(=O)c1c(-c2ccc(-c3ccccc3)cc2)csc1NC(=O)CCN1CCN(CC)CC1.O=C(O)C(=O)O.O=C(O)C(=O)O. The van der Waals surface area contributed by atoms with E-state index in [9.17, 15) is 9.59 Å². The second-order valence-electron chi connectivity index (χ2n) is 9.81. The van der Waals surface area contributed by atoms with Gasteiger partial charge in [-0.2, -0.15) is 0 Å². The molecule has 0 aliphatic carbocycles. The first-order valence-corrected chi connectivity index (χ1v) is 15.4. The van der Waals surface area contributed by atoms with Gasteiger partial charge in [-0.15, -0.1) is 11.3 Å². The topological polar surface area (TPSA) is 211 Å². The number of thiophene rings is 1. The van der Waals surface area contributed by atoms with Gasteiger partial charge in [0.25, 0.3) is 0 Å². The van der Waals surface area contributed by atoms with Crippen molar-refractivity contribution in [2.75, 3.05) is 51.2 Å². The molecule has 0 spiro atoms. The number of hydrogen-bond donors (Lipinski definition) is 5. The predicted octanol–water partition coefficient (Wildman–Crippen LogP) is 3.54. The van der Waals surface area contributed by atoms with Crippen molar-refractivity contribution >= 4 is 52.1 Å². The highest BCUT2D eigenvalue weighted by Gasteiger charge is 2.23. The number of nitrogens with zero attached hydrogens (tertiary/aromatic N) is 2. The molecule has 1 fully saturated rings. The summed E-state index contributed by atoms with van der Waals surface area (Å²) < 4.78 is 5.34. The zero-order valence-corrected chi connectivity index (χ0v) is 26.7. The number of rotatable bonds is 9. The summed E-state index contributed by atoms with van der Waals surface area (Å²) in [4.78, 5) is 66.8. The third-order valence-corrected chi connectivity index (χ3v) is 7.66. The van der Waals surface area contributed by atoms with Crippen LogP contribution in [0.5, 0.6) is 0 Å². The van der Waals surface area contributed by atoms with Gasteiger partial charge in [-0.1, -0.05) is 61.5 Å². The van der Waals surface area contributed by atoms with Gasteiger partial charge in [-0.05, 0) is 30.2 Å². The van der Waals surface area contributed by atoms with Gasteiger partial charge in [-0.3, -0.25) is 4.79 Å². The predicted molar refractivity (Wildman–Crippen MR) is 173 cm³/mol. The van der Waals surface area contributed by atoms with Gasteiger partial charge < -0.3 is 40.3 Å². The van der Waals surface area contributed by atoms with Crippen molar-refractivity contribution in [2.24, 2.45) is 0 Å². The molecular formula is C32H37N3O11S. The number of carbonyl (C=O) groups is 6. The normalized spacial score (nSPS) is 12.7. The molecule has 5 N–H and O–H groups in total. The Labute approximate surface area is 274 Å². The number of likely N-dealkylation sites (N-methyl/N-ethyl adjacent to an activating group) is 1. The number of hydrogen-bond acceptors (Lipinski definition) is 10. The van der Waals surface area contributed by atoms with Crippen LogP contribution in [0, 0.1) is 0 Å². The quantitative estimate of drug-likeness (QED) is 0.163. The van der Waals surface area contributed by atoms with Crippen LogP contribution in [0.25, 0.3) is 22.3 Å². The Morgan fingerprint density at radius 1 is 0.723 bits per heavy atom. The summed E-state index contributed by atoms with van der Waals surface area (Å²) in [6.45, 7) is 10.1. The molecule has 0 saturated carbocycles. The van der Waals surface area contributed by atoms with Crippen LogP contribution >= 0.6 is 11.3 Å². The van der Waals surface area contributed by atoms with Crippen LogP contribution in [0.1, 0.15) is 30.6 Å². The van der Waals surface area contributed by atoms with E-state index in [1.807, 2.05) is 47.8 Å². The Morgan fingerprint density at radius 3 is 1.70 bits per heavy atom. The number of piperazine rings is 1. The zero-order valence-electron chi connectivity index (χ0n) is 25.9. The Bertz CT molecular complexity index is 1470. The van der Waals surface area contributed by atoms with E-state index in [2.05, 4.69) is 34.2 Å². The van der Waals surface area contributed by atoms with Crippen LogP contribution in [0.2, 0.25) is 0 Å². The van der Waals surface area contributed by atoms with Crippen molar-refractivity contribution in [1.82, 2.24) is 9.80 Å². The number of carboxylic acids is 4. The van der Waals surface area contributed by atoms with Gasteiger partial charge in [0.2, 0.25) is 5.91 Å². The fourth-order valence-electron chi connectivity index (χ4n) is 4.32. The number of nitrogens with one attached hydrogen (secondary N) is 1. The fourth-order valence-corrected chi connectivity index (χ4v) is 5.29. The third-order valence-electron chi connectivity index (χ3n) is 6.76. The van der Waals surface area contributed by atoms with E-state index < -0.39 is 29.8 Å². The molecule has 252 valence electrons. The number of anilines is 1. The van der Waals surface area contributed by atoms with E-state index in [4.69, 9.17) is 44.3 Å². The lowest BCUT2D eigenvalue weighted by molar-refractivity contribution is -0.159. The van der Waals surface area contributed by atoms with Crippen LogP contribution in [0.4, 0.5) is 5.00 Å². The average molecular weight is 672 g/mol. The average Bonchev–Trinajstić information content (AvgIpc) is 3.48. The van der Waals surface area contributed by atoms with Crippen LogP contribution in [0.3, 0.4) is 0 Å². The van der Waals surface area contributed by atoms with Gasteiger partial charge in [-0.25, -0.2) is 24.0 Å². The van der Waals surface area contributed by atoms with E-state index in [1.165, 1.54) is 11.3 Å². The maximum atomic E-state index is 12.9. The van der Waals surface area contributed by atoms with E-state index in [1.54, 1.807) is 6.92 Å². The van der Waals surface area contributed by atoms with Gasteiger partial charge in [0.05, 0.1) is 6.61 Å². The number of esters is 1. The summed E-state index contributed by atoms with van der Waals surface area (Å²) in [6.07, 6.45) is 0.396. The lowest BCUT2D eigenvalue weighted by Gasteiger charge is -2.33. The Morgan fingerprint density at radius 2 is 1.21 bits per heavy atom. The van der Waals surface area contributed by atoms with Crippen LogP contribution < -0.4 is 5.32 Å². The van der Waals surface area contributed by atoms with E-state index in [-0.39, 0.29) is 12.5 Å². The minimum atomic E-state index is -1.82. The summed E-state index contributed by atoms with van der Waals surface area (Å²) in [5.74, 6) is -7.79. The van der Waals surface area contributed by atoms with Crippen molar-refractivity contribution in [3.8, 4) is 22.3 Å². The van der Waals surface area contributed by atoms with Crippen LogP contribution in [-0.2, 0) is 28.7 Å². The maximum absolute atomic E-state index is 12.9. The second-order valence-corrected chi connectivity index (χ2v) is 10.7. The van der Waals surface area contributed by atoms with Gasteiger partial charge in [0.15, 0.2) is 0 Å². The molecular weight excluding hydrogens is 634 g/mol. The summed E-state index contributed by atoms with van der Waals surface area (Å²) >= 11 is 1.37. The van der Waals surface area contributed by atoms with E-state index in [0.29, 0.717) is 17.0 Å². The van der Waals surface area contributed by atoms with Crippen LogP contribution in [-0.4, -0.2) is 112 Å². The van der Waals surface area contributed by atoms with Crippen molar-refractivity contribution in [3.05, 3.63) is 65.5 Å². The number of aliphatic carboxylic acids is 4. The monoisotopic (exact) mass is 671 g/mol. The summed E-state index contributed by atoms with van der Waals surface area (Å²) in [5, 5.41) is 35.0. The number of carboxylic acid groups (broad SMARTS) is 4. The molecule has 2 heterocycles. The molecule has 0 atom stereocenters. The standard InChI is InChI=1S/C28H33N3O3S.2C2H2O4/c1-3-30-16-18-31(19-17-30)15-14-25(32)29-27-26(28(33)34-4-2)24(20-35-27)23-12-10-22(11-13-23)21-8-6-5-7-9-21;2*3-1(4)2(5)6/h5-13,20H,3-4,14-19H2,1-2H3,(H,29,32);2*(H,3,4)(H,5,6). The van der Waals surface area contributed by atoms with Crippen molar-refractivity contribution in [3.63, 3.8) is 0 Å². The minimum Gasteiger partial charge on any atom is -0.473 e. The van der Waals surface area contributed by atoms with E-state index >= 15 is 0 Å². The molecule has 14 nitrogen and oxygen atoms in total. The minimum absolute atomic E-state index is 0.0821. The number of ether oxygens (including phenoxy) is 1. The first-order chi connectivity index (χ1) is 22.4. The summed E-state index contributed by atoms with van der Waals surface area (Å²) in [6, 6.07) is 18.3. The zero-order chi connectivity index (χ0) is 34.9. The third kappa shape index (κ3) is 12.7. The Hall–Kier alpha value is -5.12. The molecule has 1 aliphatic heterocycles. The lowest BCUT2D eigenvalue weighted by atomic mass is 9.99. The molecule has 15 heteroatoms. The number of amides is 1. The molecule has 3 aromatic rings. The molecule has 2 aromatic carbocycles. The Balaban J connectivity index is 0.000000546. The van der Waals surface area contributed by atoms with E-state index in [0.717, 1.165) is 61.5 Å². The highest BCUT2D eigenvalue weighted by atomic mass is 32.1. The number of benzene rings is 2. The van der Waals surface area contributed by atoms with Gasteiger partial charge in [0, 0.05) is 50.1 Å². The summed E-state index contributed by atoms with van der Waals surface area (Å²) in [5.41, 5.74) is 4.36. The molecule has 1 aliphatic rings. The Kier molecular flexibility index (Phi) is 15.7. The first kappa shape index (κ1) is 38.1. The summed E-state index contributed by atoms with van der Waals surface area (Å²) in [7, 11) is 0. The molecule has 47 heavy (non-hydrogen) atoms. The van der Waals surface area contributed by atoms with Crippen molar-refractivity contribution in [2.45, 2.75) is 20.3 Å². The smallest absolute Gasteiger partial charge is 0.414 e. The van der Waals surface area contributed by atoms with Gasteiger partial charge in [0.1, 0.15) is 10.6 Å². The fraction of sp³-hybridized carbons (Fsp3) is 0.312. The molecule has 1 saturated heterocycles. The molecule has 0 radical (unpaired) electrons. The highest BCUT2D eigenvalue weighted by Crippen LogP contribution is 2.37. The second kappa shape index (κ2) is 19.4. The largest absolute Gasteiger partial charge is 0.473 e. The molecule has 1 aromatic heterocycles. The molecule has 0 bridgehead atoms. The molecule has 1 amide bonds. The van der Waals surface area contributed by atoms with Gasteiger partial charge >= 0.3 is 29.8 Å². The van der Waals surface area contributed by atoms with Crippen molar-refractivity contribution in [1.29, 1.82) is 0 Å². The maximum Gasteiger partial charge on any atom is 0.414 e. The van der Waals surface area contributed by atoms with Crippen LogP contribution in [0.15, 0.2) is 60.0 Å². The highest BCUT2D eigenvalue weighted by molar-refractivity contribution is 7.15. The first-order valence-electron chi connectivity index (χ1n) is 14.5. The number of carbonyl (C=O) groups excluding carboxylic acids is 2. The molecule has 4 rings (SSSR count).